The topological polar surface area (TPSA) is 19.0 Å². The van der Waals surface area contributed by atoms with Crippen molar-refractivity contribution >= 4 is 10.9 Å². The number of benzene rings is 1. The number of hydrogen-bond donors (Lipinski definition) is 1. The van der Waals surface area contributed by atoms with E-state index in [0.29, 0.717) is 0 Å². The summed E-state index contributed by atoms with van der Waals surface area (Å²) in [7, 11) is 0. The Labute approximate surface area is 133 Å². The largest absolute Gasteiger partial charge is 0.357 e. The van der Waals surface area contributed by atoms with Crippen molar-refractivity contribution in [3.05, 3.63) is 35.5 Å². The number of hydrogen-bond acceptors (Lipinski definition) is 1. The Bertz CT molecular complexity index is 671. The highest BCUT2D eigenvalue weighted by Gasteiger charge is 2.42. The summed E-state index contributed by atoms with van der Waals surface area (Å²) in [5.41, 5.74) is 4.65. The summed E-state index contributed by atoms with van der Waals surface area (Å²) in [5.74, 6) is 0.906. The Kier molecular flexibility index (Phi) is 3.53. The third kappa shape index (κ3) is 2.11. The van der Waals surface area contributed by atoms with Gasteiger partial charge in [-0.15, -0.1) is 0 Å². The van der Waals surface area contributed by atoms with Crippen LogP contribution >= 0.6 is 0 Å². The van der Waals surface area contributed by atoms with E-state index in [1.54, 1.807) is 5.56 Å². The van der Waals surface area contributed by atoms with Gasteiger partial charge in [-0.3, -0.25) is 4.90 Å². The Hall–Kier alpha value is -1.28. The van der Waals surface area contributed by atoms with E-state index >= 15 is 0 Å². The molecule has 2 nitrogen and oxygen atoms in total. The van der Waals surface area contributed by atoms with E-state index in [2.05, 4.69) is 48.0 Å². The number of aromatic nitrogens is 1. The monoisotopic (exact) mass is 296 g/mol. The first-order valence-electron chi connectivity index (χ1n) is 9.07. The number of piperidine rings is 1. The number of aromatic amines is 1. The van der Waals surface area contributed by atoms with Gasteiger partial charge in [0.2, 0.25) is 0 Å². The number of nitrogens with zero attached hydrogens (tertiary/aromatic N) is 1. The molecule has 1 aromatic heterocycles. The van der Waals surface area contributed by atoms with E-state index in [9.17, 15) is 0 Å². The van der Waals surface area contributed by atoms with Gasteiger partial charge in [-0.25, -0.2) is 0 Å². The minimum Gasteiger partial charge on any atom is -0.357 e. The number of rotatable bonds is 2. The molecule has 0 amide bonds. The van der Waals surface area contributed by atoms with Crippen molar-refractivity contribution in [1.29, 1.82) is 0 Å². The van der Waals surface area contributed by atoms with Gasteiger partial charge in [0.15, 0.2) is 0 Å². The molecule has 0 spiro atoms. The third-order valence-corrected chi connectivity index (χ3v) is 6.12. The lowest BCUT2D eigenvalue weighted by atomic mass is 9.79. The molecule has 2 aliphatic heterocycles. The van der Waals surface area contributed by atoms with Crippen molar-refractivity contribution < 1.29 is 0 Å². The first-order valence-corrected chi connectivity index (χ1v) is 9.07. The molecule has 1 aromatic carbocycles. The van der Waals surface area contributed by atoms with Crippen molar-refractivity contribution in [1.82, 2.24) is 9.88 Å². The van der Waals surface area contributed by atoms with E-state index < -0.39 is 0 Å². The highest BCUT2D eigenvalue weighted by Crippen LogP contribution is 2.44. The fourth-order valence-electron chi connectivity index (χ4n) is 4.88. The molecule has 0 unspecified atom stereocenters. The van der Waals surface area contributed by atoms with Crippen LogP contribution in [0.5, 0.6) is 0 Å². The van der Waals surface area contributed by atoms with Gasteiger partial charge >= 0.3 is 0 Å². The van der Waals surface area contributed by atoms with E-state index in [1.165, 1.54) is 68.2 Å². The zero-order valence-electron chi connectivity index (χ0n) is 14.0. The second kappa shape index (κ2) is 5.42. The van der Waals surface area contributed by atoms with Crippen LogP contribution < -0.4 is 0 Å². The predicted molar refractivity (Wildman–Crippen MR) is 93.2 cm³/mol. The maximum Gasteiger partial charge on any atom is 0.0586 e. The van der Waals surface area contributed by atoms with Crippen LogP contribution in [0.15, 0.2) is 24.3 Å². The van der Waals surface area contributed by atoms with E-state index in [4.69, 9.17) is 0 Å². The summed E-state index contributed by atoms with van der Waals surface area (Å²) in [6, 6.07) is 8.86. The second-order valence-electron chi connectivity index (χ2n) is 7.54. The van der Waals surface area contributed by atoms with Crippen LogP contribution in [0.25, 0.3) is 10.9 Å². The lowest BCUT2D eigenvalue weighted by Gasteiger charge is -2.47. The smallest absolute Gasteiger partial charge is 0.0586 e. The van der Waals surface area contributed by atoms with Crippen LogP contribution in [0, 0.1) is 5.92 Å². The number of para-hydroxylation sites is 1. The van der Waals surface area contributed by atoms with Gasteiger partial charge in [0.05, 0.1) is 5.54 Å². The maximum absolute atomic E-state index is 3.80. The van der Waals surface area contributed by atoms with Gasteiger partial charge in [0.1, 0.15) is 0 Å². The maximum atomic E-state index is 3.80. The molecule has 0 saturated carbocycles. The fraction of sp³-hybridized carbons (Fsp3) is 0.600. The minimum atomic E-state index is 0.217. The van der Waals surface area contributed by atoms with Crippen LogP contribution in [-0.4, -0.2) is 23.0 Å². The van der Waals surface area contributed by atoms with Crippen LogP contribution in [0.4, 0.5) is 0 Å². The van der Waals surface area contributed by atoms with Crippen molar-refractivity contribution in [3.63, 3.8) is 0 Å². The van der Waals surface area contributed by atoms with Crippen LogP contribution in [0.2, 0.25) is 0 Å². The summed E-state index contributed by atoms with van der Waals surface area (Å²) in [5, 5.41) is 1.45. The van der Waals surface area contributed by atoms with Gasteiger partial charge in [-0.05, 0) is 63.1 Å². The number of aryl methyl sites for hydroxylation is 1. The molecule has 0 bridgehead atoms. The number of H-pyrrole nitrogens is 1. The summed E-state index contributed by atoms with van der Waals surface area (Å²) in [6.45, 7) is 7.35. The third-order valence-electron chi connectivity index (χ3n) is 6.12. The SMILES string of the molecule is CCC[C@@H]1CC[C@@]2(C)c3[nH]c4ccccc4c3CCCN2C1. The highest BCUT2D eigenvalue weighted by molar-refractivity contribution is 5.85. The Morgan fingerprint density at radius 2 is 2.18 bits per heavy atom. The van der Waals surface area contributed by atoms with Crippen molar-refractivity contribution in [2.75, 3.05) is 13.1 Å². The quantitative estimate of drug-likeness (QED) is 0.840. The van der Waals surface area contributed by atoms with Crippen LogP contribution in [-0.2, 0) is 12.0 Å². The zero-order valence-corrected chi connectivity index (χ0v) is 14.0. The molecule has 4 rings (SSSR count). The summed E-state index contributed by atoms with van der Waals surface area (Å²) >= 11 is 0. The molecule has 0 radical (unpaired) electrons. The average molecular weight is 296 g/mol. The summed E-state index contributed by atoms with van der Waals surface area (Å²) in [4.78, 5) is 6.59. The van der Waals surface area contributed by atoms with Crippen molar-refractivity contribution in [2.24, 2.45) is 5.92 Å². The van der Waals surface area contributed by atoms with Gasteiger partial charge in [0.25, 0.3) is 0 Å². The molecule has 0 aliphatic carbocycles. The molecule has 22 heavy (non-hydrogen) atoms. The number of nitrogens with one attached hydrogen (secondary N) is 1. The fourth-order valence-corrected chi connectivity index (χ4v) is 4.88. The minimum absolute atomic E-state index is 0.217. The van der Waals surface area contributed by atoms with Gasteiger partial charge in [-0.2, -0.15) is 0 Å². The zero-order chi connectivity index (χ0) is 15.2. The van der Waals surface area contributed by atoms with E-state index in [0.717, 1.165) is 5.92 Å². The Morgan fingerprint density at radius 1 is 1.32 bits per heavy atom. The number of fused-ring (bicyclic) bond motifs is 5. The molecular formula is C20H28N2. The molecule has 1 saturated heterocycles. The van der Waals surface area contributed by atoms with Crippen LogP contribution in [0.1, 0.15) is 57.2 Å². The Morgan fingerprint density at radius 3 is 3.05 bits per heavy atom. The molecular weight excluding hydrogens is 268 g/mol. The van der Waals surface area contributed by atoms with E-state index in [1.807, 2.05) is 0 Å². The summed E-state index contributed by atoms with van der Waals surface area (Å²) < 4.78 is 0. The first-order chi connectivity index (χ1) is 10.7. The first kappa shape index (κ1) is 14.3. The molecule has 2 atom stereocenters. The molecule has 2 heteroatoms. The highest BCUT2D eigenvalue weighted by atomic mass is 15.2. The normalized spacial score (nSPS) is 29.1. The van der Waals surface area contributed by atoms with Gasteiger partial charge < -0.3 is 4.98 Å². The van der Waals surface area contributed by atoms with Gasteiger partial charge in [-0.1, -0.05) is 31.5 Å². The van der Waals surface area contributed by atoms with Crippen LogP contribution in [0.3, 0.4) is 0 Å². The second-order valence-corrected chi connectivity index (χ2v) is 7.54. The molecule has 1 N–H and O–H groups in total. The lowest BCUT2D eigenvalue weighted by Crippen LogP contribution is -2.50. The molecule has 2 aromatic rings. The van der Waals surface area contributed by atoms with Crippen molar-refractivity contribution in [3.8, 4) is 0 Å². The van der Waals surface area contributed by atoms with E-state index in [-0.39, 0.29) is 5.54 Å². The predicted octanol–water partition coefficient (Wildman–Crippen LogP) is 4.84. The lowest BCUT2D eigenvalue weighted by molar-refractivity contribution is 0.0268. The average Bonchev–Trinajstić information content (AvgIpc) is 2.84. The molecule has 3 heterocycles. The standard InChI is InChI=1S/C20H28N2/c1-3-7-15-11-12-20(2)19-17(9-6-13-22(20)14-15)16-8-4-5-10-18(16)21-19/h4-5,8,10,15,21H,3,6-7,9,11-14H2,1-2H3/t15-,20+/m1/s1. The summed E-state index contributed by atoms with van der Waals surface area (Å²) in [6.07, 6.45) is 7.93. The molecule has 118 valence electrons. The molecule has 1 fully saturated rings. The Balaban J connectivity index is 1.77. The van der Waals surface area contributed by atoms with Crippen molar-refractivity contribution in [2.45, 2.75) is 57.9 Å². The van der Waals surface area contributed by atoms with Gasteiger partial charge in [0, 0.05) is 23.1 Å². The molecule has 2 aliphatic rings.